The van der Waals surface area contributed by atoms with E-state index in [1.807, 2.05) is 35.2 Å². The van der Waals surface area contributed by atoms with E-state index in [1.165, 1.54) is 96.3 Å². The van der Waals surface area contributed by atoms with Crippen LogP contribution in [-0.4, -0.2) is 83.2 Å². The predicted molar refractivity (Wildman–Crippen MR) is 154 cm³/mol. The normalized spacial score (nSPS) is 14.9. The molecule has 6 nitrogen and oxygen atoms in total. The fourth-order valence-corrected chi connectivity index (χ4v) is 5.39. The van der Waals surface area contributed by atoms with Crippen molar-refractivity contribution in [1.29, 1.82) is 0 Å². The molecule has 7 heteroatoms. The molecular weight excluding hydrogens is 471 g/mol. The van der Waals surface area contributed by atoms with Crippen LogP contribution in [-0.2, 0) is 13.8 Å². The lowest BCUT2D eigenvalue weighted by atomic mass is 10.0. The van der Waals surface area contributed by atoms with E-state index in [0.717, 1.165) is 13.0 Å². The van der Waals surface area contributed by atoms with E-state index >= 15 is 0 Å². The second-order valence-corrected chi connectivity index (χ2v) is 13.9. The molecule has 0 heterocycles. The van der Waals surface area contributed by atoms with Gasteiger partial charge in [0.2, 0.25) is 0 Å². The Labute approximate surface area is 225 Å². The van der Waals surface area contributed by atoms with Crippen molar-refractivity contribution < 1.29 is 23.2 Å². The van der Waals surface area contributed by atoms with Crippen LogP contribution in [0.25, 0.3) is 0 Å². The molecule has 218 valence electrons. The molecule has 0 saturated heterocycles. The lowest BCUT2D eigenvalue weighted by Gasteiger charge is -2.30. The SMILES string of the molecule is CCCCCCCCCCCCCCCCCCOC[C@H](CCP(=O)([O-])OCC[N+](C)(C)C)N(C)C. The molecule has 0 amide bonds. The minimum absolute atomic E-state index is 0.0649. The van der Waals surface area contributed by atoms with Gasteiger partial charge in [0.25, 0.3) is 0 Å². The van der Waals surface area contributed by atoms with Crippen LogP contribution in [0.1, 0.15) is 116 Å². The molecule has 0 aliphatic heterocycles. The zero-order chi connectivity index (χ0) is 27.1. The fraction of sp³-hybridized carbons (Fsp3) is 1.00. The van der Waals surface area contributed by atoms with Gasteiger partial charge in [-0.3, -0.25) is 0 Å². The summed E-state index contributed by atoms with van der Waals surface area (Å²) < 4.78 is 24.0. The average molecular weight is 535 g/mol. The molecule has 0 N–H and O–H groups in total. The van der Waals surface area contributed by atoms with Crippen molar-refractivity contribution in [1.82, 2.24) is 4.90 Å². The summed E-state index contributed by atoms with van der Waals surface area (Å²) in [5, 5.41) is 0. The number of nitrogens with zero attached hydrogens (tertiary/aromatic N) is 2. The number of ether oxygens (including phenoxy) is 1. The molecule has 0 rings (SSSR count). The van der Waals surface area contributed by atoms with Gasteiger partial charge in [-0.05, 0) is 26.9 Å². The summed E-state index contributed by atoms with van der Waals surface area (Å²) in [7, 11) is 6.25. The lowest BCUT2D eigenvalue weighted by molar-refractivity contribution is -0.870. The van der Waals surface area contributed by atoms with Crippen LogP contribution in [0, 0.1) is 0 Å². The van der Waals surface area contributed by atoms with Gasteiger partial charge in [0, 0.05) is 18.8 Å². The van der Waals surface area contributed by atoms with E-state index < -0.39 is 7.60 Å². The van der Waals surface area contributed by atoms with E-state index in [4.69, 9.17) is 9.26 Å². The first-order chi connectivity index (χ1) is 17.1. The van der Waals surface area contributed by atoms with E-state index in [2.05, 4.69) is 11.8 Å². The van der Waals surface area contributed by atoms with Gasteiger partial charge in [0.15, 0.2) is 0 Å². The Hall–Kier alpha value is 0.0300. The van der Waals surface area contributed by atoms with Crippen LogP contribution >= 0.6 is 7.60 Å². The zero-order valence-corrected chi connectivity index (χ0v) is 26.0. The minimum atomic E-state index is -3.79. The summed E-state index contributed by atoms with van der Waals surface area (Å²) in [5.41, 5.74) is 0. The Kier molecular flexibility index (Phi) is 23.0. The quantitative estimate of drug-likeness (QED) is 0.0654. The number of likely N-dealkylation sites (N-methyl/N-ethyl adjacent to an activating group) is 2. The summed E-state index contributed by atoms with van der Waals surface area (Å²) in [6.45, 7) is 4.53. The predicted octanol–water partition coefficient (Wildman–Crippen LogP) is 6.86. The van der Waals surface area contributed by atoms with Crippen LogP contribution in [0.3, 0.4) is 0 Å². The molecule has 0 fully saturated rings. The van der Waals surface area contributed by atoms with E-state index in [-0.39, 0.29) is 18.8 Å². The first kappa shape index (κ1) is 36.0. The first-order valence-corrected chi connectivity index (χ1v) is 16.8. The number of hydrogen-bond donors (Lipinski definition) is 0. The Balaban J connectivity index is 3.61. The van der Waals surface area contributed by atoms with Gasteiger partial charge in [-0.25, -0.2) is 0 Å². The highest BCUT2D eigenvalue weighted by Gasteiger charge is 2.18. The number of quaternary nitrogens is 1. The van der Waals surface area contributed by atoms with Crippen LogP contribution in [0.4, 0.5) is 0 Å². The smallest absolute Gasteiger partial charge is 0.135 e. The molecule has 0 aromatic carbocycles. The number of hydrogen-bond acceptors (Lipinski definition) is 5. The van der Waals surface area contributed by atoms with Crippen molar-refractivity contribution in [2.45, 2.75) is 122 Å². The summed E-state index contributed by atoms with van der Waals surface area (Å²) >= 11 is 0. The maximum Gasteiger partial charge on any atom is 0.135 e. The third-order valence-corrected chi connectivity index (χ3v) is 8.35. The van der Waals surface area contributed by atoms with E-state index in [9.17, 15) is 9.46 Å². The average Bonchev–Trinajstić information content (AvgIpc) is 2.78. The molecule has 0 bridgehead atoms. The number of unbranched alkanes of at least 4 members (excludes halogenated alkanes) is 15. The molecule has 0 aliphatic carbocycles. The molecule has 0 aromatic rings. The minimum Gasteiger partial charge on any atom is -0.778 e. The summed E-state index contributed by atoms with van der Waals surface area (Å²) in [4.78, 5) is 14.3. The van der Waals surface area contributed by atoms with Gasteiger partial charge in [-0.2, -0.15) is 0 Å². The van der Waals surface area contributed by atoms with Gasteiger partial charge in [-0.15, -0.1) is 0 Å². The maximum atomic E-state index is 12.2. The molecule has 0 aromatic heterocycles. The van der Waals surface area contributed by atoms with Crippen LogP contribution in [0.5, 0.6) is 0 Å². The van der Waals surface area contributed by atoms with Gasteiger partial charge in [0.05, 0.1) is 27.7 Å². The fourth-order valence-electron chi connectivity index (χ4n) is 4.29. The maximum absolute atomic E-state index is 12.2. The summed E-state index contributed by atoms with van der Waals surface area (Å²) in [6.07, 6.45) is 22.5. The first-order valence-electron chi connectivity index (χ1n) is 15.1. The van der Waals surface area contributed by atoms with Gasteiger partial charge in [-0.1, -0.05) is 103 Å². The molecule has 36 heavy (non-hydrogen) atoms. The summed E-state index contributed by atoms with van der Waals surface area (Å²) in [5.74, 6) is 0. The second kappa shape index (κ2) is 23.0. The lowest BCUT2D eigenvalue weighted by Crippen LogP contribution is -2.38. The highest BCUT2D eigenvalue weighted by molar-refractivity contribution is 7.51. The van der Waals surface area contributed by atoms with Crippen LogP contribution < -0.4 is 4.89 Å². The summed E-state index contributed by atoms with van der Waals surface area (Å²) in [6, 6.07) is 0.0929. The molecule has 0 aliphatic rings. The number of rotatable bonds is 27. The van der Waals surface area contributed by atoms with Crippen molar-refractivity contribution in [3.05, 3.63) is 0 Å². The van der Waals surface area contributed by atoms with Crippen LogP contribution in [0.2, 0.25) is 0 Å². The highest BCUT2D eigenvalue weighted by atomic mass is 31.2. The Bertz CT molecular complexity index is 526. The third kappa shape index (κ3) is 25.7. The van der Waals surface area contributed by atoms with Gasteiger partial charge >= 0.3 is 0 Å². The van der Waals surface area contributed by atoms with Gasteiger partial charge < -0.3 is 28.1 Å². The standard InChI is InChI=1S/C29H63N2O4P/c1-7-8-9-10-11-12-13-14-15-16-17-18-19-20-21-22-25-34-28-29(30(2)3)23-27-36(32,33)35-26-24-31(4,5)6/h29H,7-28H2,1-6H3/t29-/m0/s1. The molecule has 0 saturated carbocycles. The highest BCUT2D eigenvalue weighted by Crippen LogP contribution is 2.38. The third-order valence-electron chi connectivity index (χ3n) is 6.97. The van der Waals surface area contributed by atoms with Crippen LogP contribution in [0.15, 0.2) is 0 Å². The Morgan fingerprint density at radius 3 is 1.61 bits per heavy atom. The largest absolute Gasteiger partial charge is 0.778 e. The molecule has 1 unspecified atom stereocenters. The monoisotopic (exact) mass is 534 g/mol. The van der Waals surface area contributed by atoms with Crippen molar-refractivity contribution in [2.75, 3.05) is 67.8 Å². The van der Waals surface area contributed by atoms with E-state index in [1.54, 1.807) is 0 Å². The van der Waals surface area contributed by atoms with Crippen molar-refractivity contribution >= 4 is 7.60 Å². The van der Waals surface area contributed by atoms with Crippen molar-refractivity contribution in [2.24, 2.45) is 0 Å². The van der Waals surface area contributed by atoms with E-state index in [0.29, 0.717) is 24.1 Å². The molecule has 0 spiro atoms. The Morgan fingerprint density at radius 2 is 1.19 bits per heavy atom. The molecule has 2 atom stereocenters. The molecule has 0 radical (unpaired) electrons. The zero-order valence-electron chi connectivity index (χ0n) is 25.1. The van der Waals surface area contributed by atoms with Crippen molar-refractivity contribution in [3.8, 4) is 0 Å². The van der Waals surface area contributed by atoms with Crippen molar-refractivity contribution in [3.63, 3.8) is 0 Å². The topological polar surface area (TPSA) is 61.8 Å². The second-order valence-electron chi connectivity index (χ2n) is 12.0. The Morgan fingerprint density at radius 1 is 0.750 bits per heavy atom. The van der Waals surface area contributed by atoms with Gasteiger partial charge in [0.1, 0.15) is 20.7 Å². The molecular formula is C29H63N2O4P.